The van der Waals surface area contributed by atoms with Crippen LogP contribution in [0.1, 0.15) is 32.6 Å². The first-order valence-electron chi connectivity index (χ1n) is 11.4. The van der Waals surface area contributed by atoms with Crippen molar-refractivity contribution in [2.24, 2.45) is 0 Å². The number of ketones is 1. The van der Waals surface area contributed by atoms with Crippen LogP contribution in [0.25, 0.3) is 22.0 Å². The van der Waals surface area contributed by atoms with Crippen LogP contribution in [0.2, 0.25) is 0 Å². The van der Waals surface area contributed by atoms with Crippen LogP contribution in [0, 0.1) is 5.82 Å². The summed E-state index contributed by atoms with van der Waals surface area (Å²) in [6.07, 6.45) is 7.14. The van der Waals surface area contributed by atoms with Crippen molar-refractivity contribution < 1.29 is 19.1 Å². The van der Waals surface area contributed by atoms with E-state index in [9.17, 15) is 19.1 Å². The van der Waals surface area contributed by atoms with Gasteiger partial charge >= 0.3 is 5.97 Å². The maximum atomic E-state index is 13.8. The molecule has 0 spiro atoms. The maximum Gasteiger partial charge on any atom is 0.323 e. The van der Waals surface area contributed by atoms with Crippen molar-refractivity contribution in [1.82, 2.24) is 14.1 Å². The number of aliphatic carboxylic acids is 1. The van der Waals surface area contributed by atoms with Gasteiger partial charge in [-0.15, -0.1) is 11.8 Å². The van der Waals surface area contributed by atoms with Crippen molar-refractivity contribution in [1.29, 1.82) is 0 Å². The molecule has 1 unspecified atom stereocenters. The van der Waals surface area contributed by atoms with E-state index >= 15 is 0 Å². The number of carbonyl (C=O) groups excluding carboxylic acids is 1. The second-order valence-electron chi connectivity index (χ2n) is 8.67. The van der Waals surface area contributed by atoms with E-state index in [0.29, 0.717) is 27.8 Å². The van der Waals surface area contributed by atoms with Crippen molar-refractivity contribution >= 4 is 34.4 Å². The fraction of sp³-hybridized carbons (Fsp3) is 0.107. The van der Waals surface area contributed by atoms with E-state index in [2.05, 4.69) is 9.55 Å². The van der Waals surface area contributed by atoms with Gasteiger partial charge in [-0.3, -0.25) is 14.6 Å². The van der Waals surface area contributed by atoms with Gasteiger partial charge in [-0.2, -0.15) is 0 Å². The van der Waals surface area contributed by atoms with Crippen LogP contribution in [-0.4, -0.2) is 31.0 Å². The van der Waals surface area contributed by atoms with Crippen molar-refractivity contribution in [3.05, 3.63) is 114 Å². The van der Waals surface area contributed by atoms with E-state index < -0.39 is 5.97 Å². The molecule has 3 aromatic heterocycles. The molecule has 6 rings (SSSR count). The number of carboxylic acids is 1. The van der Waals surface area contributed by atoms with E-state index in [1.54, 1.807) is 40.9 Å². The molecule has 4 heterocycles. The minimum absolute atomic E-state index is 0.0573. The Hall–Kier alpha value is -4.17. The second-order valence-corrected chi connectivity index (χ2v) is 9.73. The molecular formula is C28H20FN3O3S. The molecule has 0 amide bonds. The van der Waals surface area contributed by atoms with Gasteiger partial charge in [0.15, 0.2) is 5.78 Å². The molecule has 0 saturated heterocycles. The topological polar surface area (TPSA) is 77.1 Å². The van der Waals surface area contributed by atoms with Gasteiger partial charge < -0.3 is 14.2 Å². The number of fused-ring (bicyclic) bond motifs is 2. The largest absolute Gasteiger partial charge is 0.480 e. The molecule has 1 aliphatic rings. The van der Waals surface area contributed by atoms with Gasteiger partial charge in [-0.1, -0.05) is 30.3 Å². The molecule has 0 aliphatic carbocycles. The number of carbonyl (C=O) groups is 2. The van der Waals surface area contributed by atoms with Gasteiger partial charge in [0.2, 0.25) is 0 Å². The SMILES string of the molecule is O=C(O)Cn1cc(C(=O)c2ccn3c2CSC3c2cccnc2)c2ccc(-c3ccc(F)cc3)cc21. The highest BCUT2D eigenvalue weighted by molar-refractivity contribution is 7.99. The zero-order valence-electron chi connectivity index (χ0n) is 19.0. The Labute approximate surface area is 210 Å². The zero-order chi connectivity index (χ0) is 24.8. The molecule has 0 bridgehead atoms. The summed E-state index contributed by atoms with van der Waals surface area (Å²) >= 11 is 1.74. The van der Waals surface area contributed by atoms with Gasteiger partial charge in [-0.05, 0) is 41.5 Å². The minimum Gasteiger partial charge on any atom is -0.480 e. The lowest BCUT2D eigenvalue weighted by Crippen LogP contribution is -2.08. The number of hydrogen-bond donors (Lipinski definition) is 1. The Bertz CT molecular complexity index is 1620. The zero-order valence-corrected chi connectivity index (χ0v) is 19.8. The van der Waals surface area contributed by atoms with Crippen LogP contribution >= 0.6 is 11.8 Å². The first-order chi connectivity index (χ1) is 17.5. The number of benzene rings is 2. The Morgan fingerprint density at radius 2 is 1.86 bits per heavy atom. The fourth-order valence-electron chi connectivity index (χ4n) is 4.79. The number of hydrogen-bond acceptors (Lipinski definition) is 4. The van der Waals surface area contributed by atoms with Crippen molar-refractivity contribution in [3.63, 3.8) is 0 Å². The summed E-state index contributed by atoms with van der Waals surface area (Å²) in [7, 11) is 0. The molecule has 8 heteroatoms. The van der Waals surface area contributed by atoms with Crippen molar-refractivity contribution in [2.45, 2.75) is 17.7 Å². The van der Waals surface area contributed by atoms with Gasteiger partial charge in [0, 0.05) is 63.8 Å². The highest BCUT2D eigenvalue weighted by Gasteiger charge is 2.30. The summed E-state index contributed by atoms with van der Waals surface area (Å²) in [5, 5.41) is 10.2. The molecular weight excluding hydrogens is 477 g/mol. The van der Waals surface area contributed by atoms with Crippen LogP contribution in [0.15, 0.2) is 85.5 Å². The number of rotatable bonds is 6. The van der Waals surface area contributed by atoms with E-state index in [4.69, 9.17) is 0 Å². The van der Waals surface area contributed by atoms with Crippen LogP contribution in [0.4, 0.5) is 4.39 Å². The second kappa shape index (κ2) is 8.80. The van der Waals surface area contributed by atoms with E-state index in [-0.39, 0.29) is 23.5 Å². The van der Waals surface area contributed by atoms with E-state index in [1.807, 2.05) is 48.8 Å². The third kappa shape index (κ3) is 3.79. The Kier molecular flexibility index (Phi) is 5.45. The minimum atomic E-state index is -1.00. The molecule has 5 aromatic rings. The van der Waals surface area contributed by atoms with Crippen molar-refractivity contribution in [2.75, 3.05) is 0 Å². The number of nitrogens with zero attached hydrogens (tertiary/aromatic N) is 3. The van der Waals surface area contributed by atoms with Gasteiger partial charge in [0.25, 0.3) is 0 Å². The fourth-order valence-corrected chi connectivity index (χ4v) is 6.10. The number of carboxylic acid groups (broad SMARTS) is 1. The number of thioether (sulfide) groups is 1. The van der Waals surface area contributed by atoms with Crippen LogP contribution in [0.5, 0.6) is 0 Å². The predicted octanol–water partition coefficient (Wildman–Crippen LogP) is 5.75. The summed E-state index contributed by atoms with van der Waals surface area (Å²) in [6, 6.07) is 17.4. The molecule has 178 valence electrons. The number of aromatic nitrogens is 3. The Morgan fingerprint density at radius 3 is 2.61 bits per heavy atom. The monoisotopic (exact) mass is 497 g/mol. The average Bonchev–Trinajstić information content (AvgIpc) is 3.58. The smallest absolute Gasteiger partial charge is 0.323 e. The summed E-state index contributed by atoms with van der Waals surface area (Å²) in [6.45, 7) is -0.274. The summed E-state index contributed by atoms with van der Waals surface area (Å²) in [5.41, 5.74) is 5.35. The first-order valence-corrected chi connectivity index (χ1v) is 12.4. The lowest BCUT2D eigenvalue weighted by atomic mass is 10.00. The Morgan fingerprint density at radius 1 is 1.06 bits per heavy atom. The van der Waals surface area contributed by atoms with Crippen LogP contribution < -0.4 is 0 Å². The van der Waals surface area contributed by atoms with E-state index in [0.717, 1.165) is 22.4 Å². The standard InChI is InChI=1S/C28H20FN3O3S/c29-20-6-3-17(4-7-20)18-5-8-21-23(14-31(15-26(33)34)24(21)12-18)27(35)22-9-11-32-25(22)16-36-28(32)19-2-1-10-30-13-19/h1-14,28H,15-16H2,(H,33,34). The highest BCUT2D eigenvalue weighted by atomic mass is 32.2. The number of halogens is 1. The van der Waals surface area contributed by atoms with Gasteiger partial charge in [0.1, 0.15) is 17.7 Å². The highest BCUT2D eigenvalue weighted by Crippen LogP contribution is 2.42. The predicted molar refractivity (Wildman–Crippen MR) is 137 cm³/mol. The third-order valence-corrected chi connectivity index (χ3v) is 7.73. The van der Waals surface area contributed by atoms with Crippen LogP contribution in [0.3, 0.4) is 0 Å². The van der Waals surface area contributed by atoms with Gasteiger partial charge in [-0.25, -0.2) is 4.39 Å². The lowest BCUT2D eigenvalue weighted by Gasteiger charge is -2.11. The summed E-state index contributed by atoms with van der Waals surface area (Å²) in [4.78, 5) is 29.6. The quantitative estimate of drug-likeness (QED) is 0.302. The summed E-state index contributed by atoms with van der Waals surface area (Å²) < 4.78 is 17.1. The number of pyridine rings is 1. The molecule has 2 aromatic carbocycles. The molecule has 36 heavy (non-hydrogen) atoms. The third-order valence-electron chi connectivity index (χ3n) is 6.48. The van der Waals surface area contributed by atoms with Gasteiger partial charge in [0.05, 0.1) is 0 Å². The van der Waals surface area contributed by atoms with E-state index in [1.165, 1.54) is 12.1 Å². The first kappa shape index (κ1) is 22.3. The summed E-state index contributed by atoms with van der Waals surface area (Å²) in [5.74, 6) is -0.778. The molecule has 6 nitrogen and oxygen atoms in total. The average molecular weight is 498 g/mol. The molecule has 1 atom stereocenters. The normalized spacial score (nSPS) is 14.8. The van der Waals surface area contributed by atoms with Crippen molar-refractivity contribution in [3.8, 4) is 11.1 Å². The lowest BCUT2D eigenvalue weighted by molar-refractivity contribution is -0.137. The molecule has 1 aliphatic heterocycles. The van der Waals surface area contributed by atoms with Crippen LogP contribution in [-0.2, 0) is 17.1 Å². The molecule has 1 N–H and O–H groups in total. The Balaban J connectivity index is 1.42. The molecule has 0 radical (unpaired) electrons. The molecule has 0 fully saturated rings. The molecule has 0 saturated carbocycles. The maximum absolute atomic E-state index is 13.8.